The number of pyridine rings is 1. The van der Waals surface area contributed by atoms with Crippen molar-refractivity contribution in [3.8, 4) is 5.75 Å². The second kappa shape index (κ2) is 9.23. The number of amides is 1. The number of nitrogens with zero attached hydrogens (tertiary/aromatic N) is 3. The molecule has 1 N–H and O–H groups in total. The maximum absolute atomic E-state index is 15.2. The van der Waals surface area contributed by atoms with Crippen LogP contribution in [0.1, 0.15) is 61.8 Å². The predicted octanol–water partition coefficient (Wildman–Crippen LogP) is 6.24. The van der Waals surface area contributed by atoms with Crippen LogP contribution in [0.2, 0.25) is 0 Å². The van der Waals surface area contributed by atoms with Crippen LogP contribution < -0.4 is 10.1 Å². The number of nitrogens with one attached hydrogen (secondary N) is 1. The Morgan fingerprint density at radius 2 is 1.91 bits per heavy atom. The second-order valence-corrected chi connectivity index (χ2v) is 8.99. The maximum atomic E-state index is 15.2. The highest BCUT2D eigenvalue weighted by molar-refractivity contribution is 6.05. The molecule has 10 heteroatoms. The van der Waals surface area contributed by atoms with Crippen molar-refractivity contribution in [2.45, 2.75) is 51.7 Å². The molecule has 1 saturated carbocycles. The third-order valence-corrected chi connectivity index (χ3v) is 6.49. The Kier molecular flexibility index (Phi) is 6.51. The van der Waals surface area contributed by atoms with E-state index < -0.39 is 29.3 Å². The first-order valence-corrected chi connectivity index (χ1v) is 11.2. The van der Waals surface area contributed by atoms with E-state index in [1.165, 1.54) is 13.2 Å². The Bertz CT molecular complexity index is 1200. The summed E-state index contributed by atoms with van der Waals surface area (Å²) in [5.41, 5.74) is -1.55. The molecule has 0 atom stereocenters. The molecule has 182 valence electrons. The summed E-state index contributed by atoms with van der Waals surface area (Å²) in [6.07, 6.45) is 1.09. The van der Waals surface area contributed by atoms with Gasteiger partial charge in [-0.25, -0.2) is 9.37 Å². The molecule has 1 aliphatic rings. The van der Waals surface area contributed by atoms with E-state index in [9.17, 15) is 18.0 Å². The largest absolute Gasteiger partial charge is 0.491 e. The van der Waals surface area contributed by atoms with Crippen LogP contribution in [0.3, 0.4) is 0 Å². The topological polar surface area (TPSA) is 69.0 Å². The number of fused-ring (bicyclic) bond motifs is 1. The number of rotatable bonds is 5. The zero-order valence-electron chi connectivity index (χ0n) is 19.1. The fourth-order valence-corrected chi connectivity index (χ4v) is 4.55. The molecule has 1 amide bonds. The van der Waals surface area contributed by atoms with Crippen LogP contribution in [0, 0.1) is 17.7 Å². The number of hydrogen-bond acceptors (Lipinski definition) is 4. The van der Waals surface area contributed by atoms with Crippen molar-refractivity contribution in [2.24, 2.45) is 11.8 Å². The van der Waals surface area contributed by atoms with E-state index in [2.05, 4.69) is 29.2 Å². The molecule has 1 fully saturated rings. The van der Waals surface area contributed by atoms with Gasteiger partial charge in [-0.05, 0) is 55.7 Å². The SMILES string of the molecule is COc1c(NC(=O)c2cccc(C(F)(F)F)n2)cc2cn(C3CCC(C(C)C)CC3)nc2c1F. The van der Waals surface area contributed by atoms with Crippen LogP contribution in [-0.2, 0) is 6.18 Å². The molecule has 4 rings (SSSR count). The van der Waals surface area contributed by atoms with Crippen LogP contribution in [0.15, 0.2) is 30.5 Å². The number of anilines is 1. The second-order valence-electron chi connectivity index (χ2n) is 8.99. The summed E-state index contributed by atoms with van der Waals surface area (Å²) >= 11 is 0. The molecule has 0 unspecified atom stereocenters. The Morgan fingerprint density at radius 1 is 1.21 bits per heavy atom. The summed E-state index contributed by atoms with van der Waals surface area (Å²) in [4.78, 5) is 16.0. The third-order valence-electron chi connectivity index (χ3n) is 6.49. The van der Waals surface area contributed by atoms with Gasteiger partial charge in [-0.15, -0.1) is 0 Å². The van der Waals surface area contributed by atoms with E-state index in [-0.39, 0.29) is 23.0 Å². The molecule has 0 spiro atoms. The van der Waals surface area contributed by atoms with Gasteiger partial charge in [0.15, 0.2) is 11.6 Å². The predicted molar refractivity (Wildman–Crippen MR) is 119 cm³/mol. The van der Waals surface area contributed by atoms with Gasteiger partial charge in [0, 0.05) is 11.6 Å². The van der Waals surface area contributed by atoms with Crippen molar-refractivity contribution in [3.63, 3.8) is 0 Å². The first kappa shape index (κ1) is 24.0. The molecule has 1 aromatic carbocycles. The number of aromatic nitrogens is 3. The zero-order chi connectivity index (χ0) is 24.6. The van der Waals surface area contributed by atoms with E-state index in [0.29, 0.717) is 17.2 Å². The summed E-state index contributed by atoms with van der Waals surface area (Å²) in [6, 6.07) is 4.67. The number of methoxy groups -OCH3 is 1. The summed E-state index contributed by atoms with van der Waals surface area (Å²) < 4.78 is 61.0. The lowest BCUT2D eigenvalue weighted by Crippen LogP contribution is -2.21. The van der Waals surface area contributed by atoms with Gasteiger partial charge in [-0.1, -0.05) is 19.9 Å². The summed E-state index contributed by atoms with van der Waals surface area (Å²) in [5, 5.41) is 7.32. The molecule has 2 aromatic heterocycles. The number of halogens is 4. The molecular formula is C24H26F4N4O2. The average molecular weight is 478 g/mol. The van der Waals surface area contributed by atoms with Crippen LogP contribution >= 0.6 is 0 Å². The van der Waals surface area contributed by atoms with Crippen molar-refractivity contribution < 1.29 is 27.1 Å². The highest BCUT2D eigenvalue weighted by atomic mass is 19.4. The number of benzene rings is 1. The number of carbonyl (C=O) groups is 1. The Balaban J connectivity index is 1.62. The molecule has 3 aromatic rings. The molecule has 34 heavy (non-hydrogen) atoms. The number of hydrogen-bond donors (Lipinski definition) is 1. The van der Waals surface area contributed by atoms with Gasteiger partial charge in [0.1, 0.15) is 16.9 Å². The third kappa shape index (κ3) is 4.71. The number of alkyl halides is 3. The van der Waals surface area contributed by atoms with Gasteiger partial charge >= 0.3 is 6.18 Å². The Morgan fingerprint density at radius 3 is 2.53 bits per heavy atom. The molecule has 0 saturated heterocycles. The minimum Gasteiger partial charge on any atom is -0.491 e. The van der Waals surface area contributed by atoms with Gasteiger partial charge in [-0.3, -0.25) is 9.48 Å². The fourth-order valence-electron chi connectivity index (χ4n) is 4.55. The summed E-state index contributed by atoms with van der Waals surface area (Å²) in [7, 11) is 1.24. The smallest absolute Gasteiger partial charge is 0.433 e. The van der Waals surface area contributed by atoms with Crippen LogP contribution in [0.4, 0.5) is 23.2 Å². The lowest BCUT2D eigenvalue weighted by atomic mass is 9.80. The highest BCUT2D eigenvalue weighted by Crippen LogP contribution is 2.38. The summed E-state index contributed by atoms with van der Waals surface area (Å²) in [5.74, 6) is -0.618. The van der Waals surface area contributed by atoms with Crippen molar-refractivity contribution in [1.82, 2.24) is 14.8 Å². The maximum Gasteiger partial charge on any atom is 0.433 e. The average Bonchev–Trinajstić information content (AvgIpc) is 3.23. The standard InChI is InChI=1S/C24H26F4N4O2/c1-13(2)14-7-9-16(10-8-14)32-12-15-11-18(22(34-3)20(25)21(15)31-32)30-23(33)17-5-4-6-19(29-17)24(26,27)28/h4-6,11-14,16H,7-10H2,1-3H3,(H,30,33). The van der Waals surface area contributed by atoms with E-state index in [0.717, 1.165) is 43.9 Å². The first-order chi connectivity index (χ1) is 16.1. The molecule has 0 aliphatic heterocycles. The Hall–Kier alpha value is -3.17. The van der Waals surface area contributed by atoms with Crippen molar-refractivity contribution in [1.29, 1.82) is 0 Å². The van der Waals surface area contributed by atoms with Gasteiger partial charge < -0.3 is 10.1 Å². The number of ether oxygens (including phenoxy) is 1. The quantitative estimate of drug-likeness (QED) is 0.441. The van der Waals surface area contributed by atoms with Crippen molar-refractivity contribution >= 4 is 22.5 Å². The molecule has 1 aliphatic carbocycles. The van der Waals surface area contributed by atoms with E-state index in [1.54, 1.807) is 10.9 Å². The van der Waals surface area contributed by atoms with Crippen molar-refractivity contribution in [3.05, 3.63) is 47.7 Å². The van der Waals surface area contributed by atoms with Gasteiger partial charge in [0.25, 0.3) is 5.91 Å². The molecular weight excluding hydrogens is 452 g/mol. The summed E-state index contributed by atoms with van der Waals surface area (Å²) in [6.45, 7) is 4.44. The van der Waals surface area contributed by atoms with Crippen molar-refractivity contribution in [2.75, 3.05) is 12.4 Å². The van der Waals surface area contributed by atoms with Gasteiger partial charge in [0.05, 0.1) is 18.8 Å². The van der Waals surface area contributed by atoms with Crippen LogP contribution in [-0.4, -0.2) is 27.8 Å². The van der Waals surface area contributed by atoms with E-state index in [4.69, 9.17) is 4.74 Å². The monoisotopic (exact) mass is 478 g/mol. The minimum absolute atomic E-state index is 0.0141. The van der Waals surface area contributed by atoms with E-state index in [1.807, 2.05) is 0 Å². The van der Waals surface area contributed by atoms with Crippen LogP contribution in [0.25, 0.3) is 10.9 Å². The molecule has 6 nitrogen and oxygen atoms in total. The number of carbonyl (C=O) groups excluding carboxylic acids is 1. The zero-order valence-corrected chi connectivity index (χ0v) is 19.1. The Labute approximate surface area is 194 Å². The normalized spacial score (nSPS) is 18.9. The molecule has 0 radical (unpaired) electrons. The molecule has 2 heterocycles. The first-order valence-electron chi connectivity index (χ1n) is 11.2. The van der Waals surface area contributed by atoms with E-state index >= 15 is 4.39 Å². The van der Waals surface area contributed by atoms with Crippen LogP contribution in [0.5, 0.6) is 5.75 Å². The lowest BCUT2D eigenvalue weighted by Gasteiger charge is -2.30. The highest BCUT2D eigenvalue weighted by Gasteiger charge is 2.33. The lowest BCUT2D eigenvalue weighted by molar-refractivity contribution is -0.141. The van der Waals surface area contributed by atoms with Gasteiger partial charge in [-0.2, -0.15) is 18.3 Å². The van der Waals surface area contributed by atoms with Gasteiger partial charge in [0.2, 0.25) is 0 Å². The minimum atomic E-state index is -4.69. The fraction of sp³-hybridized carbons (Fsp3) is 0.458. The molecule has 0 bridgehead atoms.